The van der Waals surface area contributed by atoms with Crippen molar-refractivity contribution in [2.75, 3.05) is 11.9 Å². The number of hydrogen-bond donors (Lipinski definition) is 1. The van der Waals surface area contributed by atoms with Gasteiger partial charge in [-0.15, -0.1) is 11.3 Å². The molecular weight excluding hydrogens is 272 g/mol. The summed E-state index contributed by atoms with van der Waals surface area (Å²) >= 11 is 5.14. The third kappa shape index (κ3) is 3.32. The zero-order valence-electron chi connectivity index (χ0n) is 8.11. The molecule has 2 heterocycles. The minimum absolute atomic E-state index is 0.864. The Morgan fingerprint density at radius 3 is 2.93 bits per heavy atom. The highest BCUT2D eigenvalue weighted by atomic mass is 79.9. The Labute approximate surface area is 101 Å². The highest BCUT2D eigenvalue weighted by Crippen LogP contribution is 2.11. The normalized spacial score (nSPS) is 10.2. The van der Waals surface area contributed by atoms with Crippen molar-refractivity contribution in [2.24, 2.45) is 0 Å². The van der Waals surface area contributed by atoms with E-state index >= 15 is 0 Å². The van der Waals surface area contributed by atoms with Gasteiger partial charge in [0.1, 0.15) is 10.4 Å². The van der Waals surface area contributed by atoms with Gasteiger partial charge in [-0.25, -0.2) is 4.98 Å². The molecule has 0 fully saturated rings. The number of hydrogen-bond acceptors (Lipinski definition) is 3. The van der Waals surface area contributed by atoms with Crippen molar-refractivity contribution in [2.45, 2.75) is 6.42 Å². The molecule has 2 rings (SSSR count). The van der Waals surface area contributed by atoms with Crippen LogP contribution in [-0.4, -0.2) is 11.5 Å². The summed E-state index contributed by atoms with van der Waals surface area (Å²) in [5, 5.41) is 5.39. The maximum absolute atomic E-state index is 4.30. The molecule has 0 bridgehead atoms. The fourth-order valence-corrected chi connectivity index (χ4v) is 2.33. The van der Waals surface area contributed by atoms with Crippen LogP contribution in [0.5, 0.6) is 0 Å². The van der Waals surface area contributed by atoms with Gasteiger partial charge in [-0.05, 0) is 45.9 Å². The molecule has 0 saturated carbocycles. The third-order valence-electron chi connectivity index (χ3n) is 1.97. The zero-order chi connectivity index (χ0) is 10.5. The first-order chi connectivity index (χ1) is 7.34. The summed E-state index contributed by atoms with van der Waals surface area (Å²) in [4.78, 5) is 5.70. The van der Waals surface area contributed by atoms with Crippen LogP contribution in [0.2, 0.25) is 0 Å². The van der Waals surface area contributed by atoms with Crippen LogP contribution in [0.1, 0.15) is 4.88 Å². The number of nitrogens with one attached hydrogen (secondary N) is 1. The van der Waals surface area contributed by atoms with Crippen LogP contribution in [0.15, 0.2) is 40.3 Å². The Morgan fingerprint density at radius 1 is 1.27 bits per heavy atom. The Balaban J connectivity index is 1.83. The molecular formula is C11H11BrN2S. The predicted octanol–water partition coefficient (Wildman–Crippen LogP) is 3.56. The molecule has 0 spiro atoms. The average Bonchev–Trinajstić information content (AvgIpc) is 2.71. The van der Waals surface area contributed by atoms with E-state index in [9.17, 15) is 0 Å². The minimum atomic E-state index is 0.864. The second kappa shape index (κ2) is 5.28. The van der Waals surface area contributed by atoms with Gasteiger partial charge in [0.15, 0.2) is 0 Å². The molecule has 0 saturated heterocycles. The first-order valence-electron chi connectivity index (χ1n) is 4.73. The van der Waals surface area contributed by atoms with Gasteiger partial charge in [0, 0.05) is 11.4 Å². The van der Waals surface area contributed by atoms with Crippen molar-refractivity contribution >= 4 is 33.1 Å². The van der Waals surface area contributed by atoms with E-state index in [2.05, 4.69) is 43.7 Å². The zero-order valence-corrected chi connectivity index (χ0v) is 10.5. The van der Waals surface area contributed by atoms with Crippen molar-refractivity contribution in [1.82, 2.24) is 4.98 Å². The largest absolute Gasteiger partial charge is 0.370 e. The SMILES string of the molecule is Brc1cccc(NCCc2cccs2)n1. The van der Waals surface area contributed by atoms with Gasteiger partial charge in [-0.2, -0.15) is 0 Å². The number of nitrogens with zero attached hydrogens (tertiary/aromatic N) is 1. The molecule has 15 heavy (non-hydrogen) atoms. The van der Waals surface area contributed by atoms with E-state index in [0.29, 0.717) is 0 Å². The van der Waals surface area contributed by atoms with Crippen LogP contribution in [0.3, 0.4) is 0 Å². The quantitative estimate of drug-likeness (QED) is 0.868. The molecule has 0 aromatic carbocycles. The summed E-state index contributed by atoms with van der Waals surface area (Å²) in [6.45, 7) is 0.921. The molecule has 1 N–H and O–H groups in total. The van der Waals surface area contributed by atoms with Gasteiger partial charge in [0.05, 0.1) is 0 Å². The van der Waals surface area contributed by atoms with Crippen molar-refractivity contribution in [1.29, 1.82) is 0 Å². The van der Waals surface area contributed by atoms with Crippen molar-refractivity contribution in [3.05, 3.63) is 45.2 Å². The molecule has 78 valence electrons. The van der Waals surface area contributed by atoms with Crippen LogP contribution >= 0.6 is 27.3 Å². The van der Waals surface area contributed by atoms with E-state index < -0.39 is 0 Å². The van der Waals surface area contributed by atoms with Crippen LogP contribution < -0.4 is 5.32 Å². The van der Waals surface area contributed by atoms with Crippen molar-refractivity contribution < 1.29 is 0 Å². The maximum Gasteiger partial charge on any atom is 0.127 e. The third-order valence-corrected chi connectivity index (χ3v) is 3.35. The molecule has 0 atom stereocenters. The number of thiophene rings is 1. The van der Waals surface area contributed by atoms with E-state index in [1.165, 1.54) is 4.88 Å². The fraction of sp³-hybridized carbons (Fsp3) is 0.182. The maximum atomic E-state index is 4.30. The lowest BCUT2D eigenvalue weighted by Crippen LogP contribution is -2.05. The lowest BCUT2D eigenvalue weighted by molar-refractivity contribution is 1.02. The highest BCUT2D eigenvalue weighted by Gasteiger charge is 1.96. The van der Waals surface area contributed by atoms with E-state index in [-0.39, 0.29) is 0 Å². The van der Waals surface area contributed by atoms with Crippen LogP contribution in [-0.2, 0) is 6.42 Å². The van der Waals surface area contributed by atoms with Gasteiger partial charge in [0.25, 0.3) is 0 Å². The van der Waals surface area contributed by atoms with Crippen LogP contribution in [0.4, 0.5) is 5.82 Å². The van der Waals surface area contributed by atoms with Gasteiger partial charge >= 0.3 is 0 Å². The molecule has 0 radical (unpaired) electrons. The van der Waals surface area contributed by atoms with E-state index in [1.807, 2.05) is 18.2 Å². The molecule has 2 aromatic rings. The van der Waals surface area contributed by atoms with E-state index in [0.717, 1.165) is 23.4 Å². The van der Waals surface area contributed by atoms with Crippen molar-refractivity contribution in [3.63, 3.8) is 0 Å². The number of aromatic nitrogens is 1. The average molecular weight is 283 g/mol. The summed E-state index contributed by atoms with van der Waals surface area (Å²) in [5.41, 5.74) is 0. The molecule has 2 aromatic heterocycles. The Kier molecular flexibility index (Phi) is 3.75. The lowest BCUT2D eigenvalue weighted by atomic mass is 10.3. The van der Waals surface area contributed by atoms with E-state index in [1.54, 1.807) is 11.3 Å². The Bertz CT molecular complexity index is 414. The minimum Gasteiger partial charge on any atom is -0.370 e. The smallest absolute Gasteiger partial charge is 0.127 e. The highest BCUT2D eigenvalue weighted by molar-refractivity contribution is 9.10. The van der Waals surface area contributed by atoms with Crippen LogP contribution in [0, 0.1) is 0 Å². The van der Waals surface area contributed by atoms with Gasteiger partial charge in [0.2, 0.25) is 0 Å². The second-order valence-corrected chi connectivity index (χ2v) is 4.95. The number of rotatable bonds is 4. The van der Waals surface area contributed by atoms with E-state index in [4.69, 9.17) is 0 Å². The van der Waals surface area contributed by atoms with Gasteiger partial charge < -0.3 is 5.32 Å². The molecule has 0 aliphatic heterocycles. The summed E-state index contributed by atoms with van der Waals surface area (Å²) < 4.78 is 0.864. The predicted molar refractivity (Wildman–Crippen MR) is 68.4 cm³/mol. The molecule has 4 heteroatoms. The molecule has 2 nitrogen and oxygen atoms in total. The molecule has 0 aliphatic carbocycles. The Morgan fingerprint density at radius 2 is 2.20 bits per heavy atom. The topological polar surface area (TPSA) is 24.9 Å². The number of pyridine rings is 1. The lowest BCUT2D eigenvalue weighted by Gasteiger charge is -2.04. The first-order valence-corrected chi connectivity index (χ1v) is 6.41. The standard InChI is InChI=1S/C11H11BrN2S/c12-10-4-1-5-11(14-10)13-7-6-9-3-2-8-15-9/h1-5,8H,6-7H2,(H,13,14). The van der Waals surface area contributed by atoms with Crippen molar-refractivity contribution in [3.8, 4) is 0 Å². The molecule has 0 aliphatic rings. The number of anilines is 1. The fourth-order valence-electron chi connectivity index (χ4n) is 1.28. The van der Waals surface area contributed by atoms with Crippen LogP contribution in [0.25, 0.3) is 0 Å². The summed E-state index contributed by atoms with van der Waals surface area (Å²) in [7, 11) is 0. The monoisotopic (exact) mass is 282 g/mol. The Hall–Kier alpha value is -0.870. The first kappa shape index (κ1) is 10.6. The second-order valence-electron chi connectivity index (χ2n) is 3.10. The summed E-state index contributed by atoms with van der Waals surface area (Å²) in [6, 6.07) is 10.1. The summed E-state index contributed by atoms with van der Waals surface area (Å²) in [5.74, 6) is 0.918. The molecule has 0 amide bonds. The van der Waals surface area contributed by atoms with Gasteiger partial charge in [-0.3, -0.25) is 0 Å². The molecule has 0 unspecified atom stereocenters. The summed E-state index contributed by atoms with van der Waals surface area (Å²) in [6.07, 6.45) is 1.05. The number of halogens is 1. The van der Waals surface area contributed by atoms with Gasteiger partial charge in [-0.1, -0.05) is 12.1 Å².